The Hall–Kier alpha value is -0.930. The lowest BCUT2D eigenvalue weighted by Crippen LogP contribution is -2.26. The van der Waals surface area contributed by atoms with E-state index >= 15 is 0 Å². The maximum absolute atomic E-state index is 13.3. The summed E-state index contributed by atoms with van der Waals surface area (Å²) in [6.45, 7) is 6.65. The smallest absolute Gasteiger partial charge is 0.250 e. The standard InChI is InChI=1S/C16H30FN3/c1-5-7-9-11-13-16(3,12-10-8-6-2)14-18-15(17)19-20(14)4/h5-13H2,1-4H3. The van der Waals surface area contributed by atoms with Crippen LogP contribution in [-0.4, -0.2) is 14.8 Å². The Bertz CT molecular complexity index is 389. The molecule has 0 aliphatic heterocycles. The van der Waals surface area contributed by atoms with Crippen molar-refractivity contribution in [2.45, 2.75) is 84.0 Å². The van der Waals surface area contributed by atoms with Gasteiger partial charge in [0.15, 0.2) is 0 Å². The van der Waals surface area contributed by atoms with Crippen molar-refractivity contribution in [1.82, 2.24) is 14.8 Å². The van der Waals surface area contributed by atoms with E-state index in [9.17, 15) is 4.39 Å². The Morgan fingerprint density at radius 1 is 1.00 bits per heavy atom. The molecule has 0 fully saturated rings. The second-order valence-corrected chi connectivity index (χ2v) is 6.16. The summed E-state index contributed by atoms with van der Waals surface area (Å²) in [5, 5.41) is 3.79. The molecule has 1 unspecified atom stereocenters. The predicted octanol–water partition coefficient (Wildman–Crippen LogP) is 4.76. The third-order valence-corrected chi connectivity index (χ3v) is 4.19. The number of aromatic nitrogens is 3. The Morgan fingerprint density at radius 3 is 2.05 bits per heavy atom. The van der Waals surface area contributed by atoms with Gasteiger partial charge >= 0.3 is 6.08 Å². The molecule has 20 heavy (non-hydrogen) atoms. The molecule has 3 nitrogen and oxygen atoms in total. The van der Waals surface area contributed by atoms with E-state index in [0.717, 1.165) is 18.7 Å². The minimum atomic E-state index is -0.599. The van der Waals surface area contributed by atoms with Gasteiger partial charge in [0.1, 0.15) is 5.82 Å². The van der Waals surface area contributed by atoms with Gasteiger partial charge in [-0.05, 0) is 12.8 Å². The van der Waals surface area contributed by atoms with E-state index in [1.807, 2.05) is 0 Å². The van der Waals surface area contributed by atoms with E-state index in [1.165, 1.54) is 44.9 Å². The van der Waals surface area contributed by atoms with Crippen LogP contribution in [-0.2, 0) is 12.5 Å². The van der Waals surface area contributed by atoms with Crippen molar-refractivity contribution >= 4 is 0 Å². The molecule has 0 amide bonds. The Labute approximate surface area is 123 Å². The number of halogens is 1. The summed E-state index contributed by atoms with van der Waals surface area (Å²) in [4.78, 5) is 4.05. The van der Waals surface area contributed by atoms with E-state index in [-0.39, 0.29) is 5.41 Å². The van der Waals surface area contributed by atoms with Gasteiger partial charge in [-0.25, -0.2) is 4.68 Å². The van der Waals surface area contributed by atoms with Crippen molar-refractivity contribution < 1.29 is 4.39 Å². The van der Waals surface area contributed by atoms with Gasteiger partial charge in [0.05, 0.1) is 0 Å². The first kappa shape index (κ1) is 17.1. The number of nitrogens with zero attached hydrogens (tertiary/aromatic N) is 3. The van der Waals surface area contributed by atoms with Crippen LogP contribution < -0.4 is 0 Å². The first-order chi connectivity index (χ1) is 9.53. The third-order valence-electron chi connectivity index (χ3n) is 4.19. The molecule has 0 saturated heterocycles. The Morgan fingerprint density at radius 2 is 1.55 bits per heavy atom. The van der Waals surface area contributed by atoms with Crippen LogP contribution >= 0.6 is 0 Å². The zero-order chi connectivity index (χ0) is 15.0. The van der Waals surface area contributed by atoms with Gasteiger partial charge < -0.3 is 0 Å². The minimum absolute atomic E-state index is 0.0466. The monoisotopic (exact) mass is 283 g/mol. The van der Waals surface area contributed by atoms with E-state index in [4.69, 9.17) is 0 Å². The number of hydrogen-bond acceptors (Lipinski definition) is 2. The molecule has 0 aliphatic rings. The lowest BCUT2D eigenvalue weighted by molar-refractivity contribution is 0.335. The first-order valence-corrected chi connectivity index (χ1v) is 8.10. The van der Waals surface area contributed by atoms with Gasteiger partial charge in [-0.3, -0.25) is 0 Å². The fourth-order valence-corrected chi connectivity index (χ4v) is 2.93. The quantitative estimate of drug-likeness (QED) is 0.579. The van der Waals surface area contributed by atoms with Crippen LogP contribution in [0.3, 0.4) is 0 Å². The number of rotatable bonds is 10. The third kappa shape index (κ3) is 4.88. The molecule has 0 spiro atoms. The molecule has 0 aliphatic carbocycles. The van der Waals surface area contributed by atoms with Crippen molar-refractivity contribution in [2.24, 2.45) is 7.05 Å². The molecule has 0 bridgehead atoms. The average Bonchev–Trinajstić information content (AvgIpc) is 2.75. The lowest BCUT2D eigenvalue weighted by Gasteiger charge is -2.28. The highest BCUT2D eigenvalue weighted by Gasteiger charge is 2.31. The van der Waals surface area contributed by atoms with Gasteiger partial charge in [-0.15, -0.1) is 5.10 Å². The second-order valence-electron chi connectivity index (χ2n) is 6.16. The predicted molar refractivity (Wildman–Crippen MR) is 81.2 cm³/mol. The largest absolute Gasteiger partial charge is 0.327 e. The highest BCUT2D eigenvalue weighted by Crippen LogP contribution is 2.34. The summed E-state index contributed by atoms with van der Waals surface area (Å²) < 4.78 is 14.9. The van der Waals surface area contributed by atoms with Crippen LogP contribution in [0.4, 0.5) is 4.39 Å². The van der Waals surface area contributed by atoms with Gasteiger partial charge in [0, 0.05) is 12.5 Å². The Balaban J connectivity index is 2.74. The van der Waals surface area contributed by atoms with Crippen molar-refractivity contribution in [2.75, 3.05) is 0 Å². The van der Waals surface area contributed by atoms with Crippen molar-refractivity contribution in [3.8, 4) is 0 Å². The molecule has 1 rings (SSSR count). The van der Waals surface area contributed by atoms with Gasteiger partial charge in [-0.2, -0.15) is 9.37 Å². The maximum atomic E-state index is 13.3. The minimum Gasteiger partial charge on any atom is -0.250 e. The highest BCUT2D eigenvalue weighted by molar-refractivity contribution is 5.05. The molecule has 1 heterocycles. The SMILES string of the molecule is CCCCCCC(C)(CCCCC)c1nc(F)nn1C. The zero-order valence-corrected chi connectivity index (χ0v) is 13.6. The van der Waals surface area contributed by atoms with Crippen LogP contribution in [0, 0.1) is 6.08 Å². The lowest BCUT2D eigenvalue weighted by atomic mass is 9.79. The molecule has 0 N–H and O–H groups in total. The molecule has 0 aromatic carbocycles. The topological polar surface area (TPSA) is 30.7 Å². The fraction of sp³-hybridized carbons (Fsp3) is 0.875. The van der Waals surface area contributed by atoms with Gasteiger partial charge in [0.2, 0.25) is 0 Å². The highest BCUT2D eigenvalue weighted by atomic mass is 19.1. The second kappa shape index (κ2) is 8.38. The van der Waals surface area contributed by atoms with Crippen molar-refractivity contribution in [3.63, 3.8) is 0 Å². The van der Waals surface area contributed by atoms with E-state index < -0.39 is 6.08 Å². The molecule has 1 aromatic heterocycles. The van der Waals surface area contributed by atoms with Crippen LogP contribution in [0.5, 0.6) is 0 Å². The normalized spacial score (nSPS) is 14.4. The summed E-state index contributed by atoms with van der Waals surface area (Å²) in [5.41, 5.74) is -0.0466. The molecule has 4 heteroatoms. The summed E-state index contributed by atoms with van der Waals surface area (Å²) in [6.07, 6.45) is 10.1. The van der Waals surface area contributed by atoms with Crippen LogP contribution in [0.1, 0.15) is 84.4 Å². The summed E-state index contributed by atoms with van der Waals surface area (Å²) in [7, 11) is 1.80. The summed E-state index contributed by atoms with van der Waals surface area (Å²) >= 11 is 0. The molecule has 0 radical (unpaired) electrons. The van der Waals surface area contributed by atoms with Crippen LogP contribution in [0.15, 0.2) is 0 Å². The van der Waals surface area contributed by atoms with Crippen molar-refractivity contribution in [3.05, 3.63) is 11.9 Å². The molecule has 0 saturated carbocycles. The van der Waals surface area contributed by atoms with Crippen LogP contribution in [0.2, 0.25) is 0 Å². The summed E-state index contributed by atoms with van der Waals surface area (Å²) in [6, 6.07) is 0. The number of aryl methyl sites for hydroxylation is 1. The average molecular weight is 283 g/mol. The van der Waals surface area contributed by atoms with Crippen LogP contribution in [0.25, 0.3) is 0 Å². The molecular weight excluding hydrogens is 253 g/mol. The van der Waals surface area contributed by atoms with Gasteiger partial charge in [0.25, 0.3) is 0 Å². The molecule has 1 aromatic rings. The molecular formula is C16H30FN3. The summed E-state index contributed by atoms with van der Waals surface area (Å²) in [5.74, 6) is 0.808. The molecule has 116 valence electrons. The van der Waals surface area contributed by atoms with E-state index in [1.54, 1.807) is 11.7 Å². The maximum Gasteiger partial charge on any atom is 0.327 e. The van der Waals surface area contributed by atoms with E-state index in [2.05, 4.69) is 30.9 Å². The number of hydrogen-bond donors (Lipinski definition) is 0. The zero-order valence-electron chi connectivity index (χ0n) is 13.6. The molecule has 1 atom stereocenters. The Kier molecular flexibility index (Phi) is 7.17. The first-order valence-electron chi connectivity index (χ1n) is 8.10. The van der Waals surface area contributed by atoms with Crippen molar-refractivity contribution in [1.29, 1.82) is 0 Å². The van der Waals surface area contributed by atoms with E-state index in [0.29, 0.717) is 0 Å². The number of unbranched alkanes of at least 4 members (excludes halogenated alkanes) is 5. The van der Waals surface area contributed by atoms with Gasteiger partial charge in [-0.1, -0.05) is 65.7 Å². The fourth-order valence-electron chi connectivity index (χ4n) is 2.93.